The summed E-state index contributed by atoms with van der Waals surface area (Å²) in [6.45, 7) is 7.00. The summed E-state index contributed by atoms with van der Waals surface area (Å²) in [4.78, 5) is 23.8. The molecule has 1 rings (SSSR count). The molecule has 0 radical (unpaired) electrons. The van der Waals surface area contributed by atoms with Gasteiger partial charge in [-0.15, -0.1) is 0 Å². The minimum atomic E-state index is -0.866. The summed E-state index contributed by atoms with van der Waals surface area (Å²) in [5.74, 6) is -0.347. The molecule has 6 nitrogen and oxygen atoms in total. The van der Waals surface area contributed by atoms with E-state index in [0.29, 0.717) is 9.13 Å². The van der Waals surface area contributed by atoms with E-state index in [1.807, 2.05) is 22.6 Å². The lowest BCUT2D eigenvalue weighted by molar-refractivity contribution is -0.143. The number of benzene rings is 1. The number of amides is 1. The number of aromatic hydroxyl groups is 1. The van der Waals surface area contributed by atoms with Gasteiger partial charge >= 0.3 is 12.1 Å². The third kappa shape index (κ3) is 6.25. The van der Waals surface area contributed by atoms with Gasteiger partial charge in [0, 0.05) is 6.42 Å². The first-order valence-corrected chi connectivity index (χ1v) is 8.16. The second-order valence-corrected chi connectivity index (χ2v) is 7.33. The van der Waals surface area contributed by atoms with E-state index in [4.69, 9.17) is 9.47 Å². The molecule has 1 aromatic rings. The van der Waals surface area contributed by atoms with Crippen LogP contribution in [0.1, 0.15) is 31.9 Å². The van der Waals surface area contributed by atoms with Crippen molar-refractivity contribution in [1.29, 1.82) is 0 Å². The topological polar surface area (TPSA) is 84.9 Å². The summed E-state index contributed by atoms with van der Waals surface area (Å²) in [5.41, 5.74) is 0.846. The smallest absolute Gasteiger partial charge is 0.408 e. The zero-order chi connectivity index (χ0) is 17.8. The minimum absolute atomic E-state index is 0.212. The fourth-order valence-electron chi connectivity index (χ4n) is 1.95. The molecule has 0 bridgehead atoms. The molecule has 0 fully saturated rings. The van der Waals surface area contributed by atoms with Crippen molar-refractivity contribution in [2.24, 2.45) is 0 Å². The number of nitrogens with one attached hydrogen (secondary N) is 1. The van der Waals surface area contributed by atoms with Gasteiger partial charge in [0.05, 0.1) is 10.7 Å². The lowest BCUT2D eigenvalue weighted by atomic mass is 10.0. The number of phenolic OH excluding ortho intramolecular Hbond substituents is 1. The van der Waals surface area contributed by atoms with Crippen LogP contribution in [0, 0.1) is 10.5 Å². The summed E-state index contributed by atoms with van der Waals surface area (Å²) in [6, 6.07) is 2.66. The molecule has 2 N–H and O–H groups in total. The van der Waals surface area contributed by atoms with Crippen LogP contribution in [0.3, 0.4) is 0 Å². The Balaban J connectivity index is 2.92. The molecule has 1 amide bonds. The number of phenols is 1. The van der Waals surface area contributed by atoms with Crippen LogP contribution in [0.2, 0.25) is 0 Å². The number of ether oxygens (including phenoxy) is 2. The highest BCUT2D eigenvalue weighted by Gasteiger charge is 2.25. The van der Waals surface area contributed by atoms with Gasteiger partial charge < -0.3 is 19.9 Å². The van der Waals surface area contributed by atoms with Gasteiger partial charge in [0.15, 0.2) is 0 Å². The predicted molar refractivity (Wildman–Crippen MR) is 94.4 cm³/mol. The first kappa shape index (κ1) is 19.5. The molecule has 0 aromatic heterocycles. The van der Waals surface area contributed by atoms with Crippen LogP contribution in [0.25, 0.3) is 0 Å². The van der Waals surface area contributed by atoms with Crippen LogP contribution in [0.15, 0.2) is 12.1 Å². The number of aryl methyl sites for hydroxylation is 1. The highest BCUT2D eigenvalue weighted by molar-refractivity contribution is 14.1. The molecule has 0 aliphatic rings. The Morgan fingerprint density at radius 3 is 2.43 bits per heavy atom. The molecule has 0 aliphatic carbocycles. The zero-order valence-corrected chi connectivity index (χ0v) is 16.1. The first-order valence-electron chi connectivity index (χ1n) is 7.09. The van der Waals surface area contributed by atoms with E-state index >= 15 is 0 Å². The average Bonchev–Trinajstić information content (AvgIpc) is 2.41. The van der Waals surface area contributed by atoms with Crippen LogP contribution >= 0.6 is 22.6 Å². The number of esters is 1. The Labute approximate surface area is 149 Å². The van der Waals surface area contributed by atoms with Gasteiger partial charge in [0.1, 0.15) is 17.4 Å². The van der Waals surface area contributed by atoms with Gasteiger partial charge in [0.2, 0.25) is 0 Å². The Hall–Kier alpha value is -1.51. The lowest BCUT2D eigenvalue weighted by Gasteiger charge is -2.22. The number of methoxy groups -OCH3 is 1. The van der Waals surface area contributed by atoms with Gasteiger partial charge in [-0.2, -0.15) is 0 Å². The largest absolute Gasteiger partial charge is 0.507 e. The second-order valence-electron chi connectivity index (χ2n) is 6.17. The van der Waals surface area contributed by atoms with E-state index in [1.165, 1.54) is 7.11 Å². The normalized spacial score (nSPS) is 12.4. The van der Waals surface area contributed by atoms with E-state index in [9.17, 15) is 14.7 Å². The molecule has 0 saturated carbocycles. The van der Waals surface area contributed by atoms with Crippen molar-refractivity contribution in [1.82, 2.24) is 5.32 Å². The van der Waals surface area contributed by atoms with Crippen LogP contribution in [0.5, 0.6) is 5.75 Å². The second kappa shape index (κ2) is 7.85. The molecule has 1 aromatic carbocycles. The Kier molecular flexibility index (Phi) is 6.67. The highest BCUT2D eigenvalue weighted by Crippen LogP contribution is 2.26. The van der Waals surface area contributed by atoms with Gasteiger partial charge in [-0.3, -0.25) is 0 Å². The van der Waals surface area contributed by atoms with Crippen molar-refractivity contribution in [3.8, 4) is 5.75 Å². The van der Waals surface area contributed by atoms with Gasteiger partial charge in [-0.05, 0) is 67.5 Å². The molecule has 0 unspecified atom stereocenters. The van der Waals surface area contributed by atoms with E-state index in [2.05, 4.69) is 5.32 Å². The van der Waals surface area contributed by atoms with E-state index < -0.39 is 23.7 Å². The number of hydrogen-bond acceptors (Lipinski definition) is 5. The minimum Gasteiger partial charge on any atom is -0.507 e. The molecule has 128 valence electrons. The molecule has 0 saturated heterocycles. The summed E-state index contributed by atoms with van der Waals surface area (Å²) in [7, 11) is 1.26. The number of carbonyl (C=O) groups excluding carboxylic acids is 2. The number of alkyl carbamates (subject to hydrolysis) is 1. The van der Waals surface area contributed by atoms with Crippen molar-refractivity contribution < 1.29 is 24.2 Å². The molecule has 0 heterocycles. The first-order chi connectivity index (χ1) is 10.5. The quantitative estimate of drug-likeness (QED) is 0.562. The summed E-state index contributed by atoms with van der Waals surface area (Å²) in [5, 5.41) is 12.3. The zero-order valence-electron chi connectivity index (χ0n) is 13.9. The maximum absolute atomic E-state index is 11.9. The van der Waals surface area contributed by atoms with Crippen molar-refractivity contribution >= 4 is 34.7 Å². The van der Waals surface area contributed by atoms with E-state index in [0.717, 1.165) is 5.56 Å². The average molecular weight is 435 g/mol. The van der Waals surface area contributed by atoms with Crippen LogP contribution in [0.4, 0.5) is 4.79 Å². The maximum atomic E-state index is 11.9. The van der Waals surface area contributed by atoms with Gasteiger partial charge in [0.25, 0.3) is 0 Å². The van der Waals surface area contributed by atoms with Crippen molar-refractivity contribution in [3.63, 3.8) is 0 Å². The molecular weight excluding hydrogens is 413 g/mol. The fourth-order valence-corrected chi connectivity index (χ4v) is 2.77. The van der Waals surface area contributed by atoms with Crippen molar-refractivity contribution in [3.05, 3.63) is 26.8 Å². The van der Waals surface area contributed by atoms with Gasteiger partial charge in [-0.1, -0.05) is 6.07 Å². The fraction of sp³-hybridized carbons (Fsp3) is 0.500. The van der Waals surface area contributed by atoms with Gasteiger partial charge in [-0.25, -0.2) is 9.59 Å². The highest BCUT2D eigenvalue weighted by atomic mass is 127. The Morgan fingerprint density at radius 1 is 1.35 bits per heavy atom. The third-order valence-corrected chi connectivity index (χ3v) is 3.75. The third-order valence-electron chi connectivity index (χ3n) is 2.93. The summed E-state index contributed by atoms with van der Waals surface area (Å²) < 4.78 is 10.6. The SMILES string of the molecule is COC(=O)[C@H](Cc1cc(C)c(O)c(I)c1)NC(=O)OC(C)(C)C. The lowest BCUT2D eigenvalue weighted by Crippen LogP contribution is -2.45. The number of halogens is 1. The maximum Gasteiger partial charge on any atom is 0.408 e. The van der Waals surface area contributed by atoms with Crippen LogP contribution in [-0.2, 0) is 20.7 Å². The number of hydrogen-bond donors (Lipinski definition) is 2. The molecule has 7 heteroatoms. The molecule has 1 atom stereocenters. The number of carbonyl (C=O) groups is 2. The molecular formula is C16H22INO5. The molecule has 0 aliphatic heterocycles. The molecule has 23 heavy (non-hydrogen) atoms. The van der Waals surface area contributed by atoms with Crippen LogP contribution in [-0.4, -0.2) is 35.9 Å². The Bertz CT molecular complexity index is 572. The van der Waals surface area contributed by atoms with E-state index in [1.54, 1.807) is 39.8 Å². The summed E-state index contributed by atoms with van der Waals surface area (Å²) >= 11 is 2.01. The van der Waals surface area contributed by atoms with Crippen molar-refractivity contribution in [2.45, 2.75) is 45.8 Å². The number of rotatable bonds is 4. The van der Waals surface area contributed by atoms with Crippen LogP contribution < -0.4 is 5.32 Å². The van der Waals surface area contributed by atoms with Crippen molar-refractivity contribution in [2.75, 3.05) is 7.11 Å². The Morgan fingerprint density at radius 2 is 1.96 bits per heavy atom. The summed E-state index contributed by atoms with van der Waals surface area (Å²) in [6.07, 6.45) is -0.443. The predicted octanol–water partition coefficient (Wildman–Crippen LogP) is 2.91. The monoisotopic (exact) mass is 435 g/mol. The van der Waals surface area contributed by atoms with E-state index in [-0.39, 0.29) is 12.2 Å². The standard InChI is InChI=1S/C16H22INO5/c1-9-6-10(7-11(17)13(9)19)8-12(14(20)22-5)18-15(21)23-16(2,3)4/h6-7,12,19H,8H2,1-5H3,(H,18,21)/t12-/m0/s1. The molecule has 0 spiro atoms.